The largest absolute Gasteiger partial charge is 0.550 e. The minimum Gasteiger partial charge on any atom is -0.550 e. The molecule has 1 aromatic rings. The van der Waals surface area contributed by atoms with Gasteiger partial charge in [0.05, 0.1) is 0 Å². The van der Waals surface area contributed by atoms with Crippen molar-refractivity contribution < 1.29 is 14.7 Å². The lowest BCUT2D eigenvalue weighted by Crippen LogP contribution is -2.47. The Morgan fingerprint density at radius 2 is 1.47 bits per heavy atom. The molecule has 0 unspecified atom stereocenters. The van der Waals surface area contributed by atoms with Gasteiger partial charge in [0.2, 0.25) is 5.91 Å². The molecule has 168 valence electrons. The lowest BCUT2D eigenvalue weighted by molar-refractivity contribution is -0.302. The fourth-order valence-corrected chi connectivity index (χ4v) is 3.88. The lowest BCUT2D eigenvalue weighted by atomic mass is 9.92. The molecule has 2 aliphatic heterocycles. The van der Waals surface area contributed by atoms with Crippen LogP contribution in [-0.4, -0.2) is 73.5 Å². The second-order valence-corrected chi connectivity index (χ2v) is 9.25. The number of carboxylic acids is 1. The number of aliphatic carboxylic acids is 1. The Balaban J connectivity index is 0.000000735. The Bertz CT molecular complexity index is 679. The number of amides is 1. The van der Waals surface area contributed by atoms with E-state index in [9.17, 15) is 4.79 Å². The Labute approximate surface area is 181 Å². The molecule has 0 bridgehead atoms. The van der Waals surface area contributed by atoms with Crippen LogP contribution in [0.15, 0.2) is 24.3 Å². The SMILES string of the molecule is CC(=O)[O-].CN1CCN(c2ccc(NC(=O)C3CCN(C(C)(C)C)CC3)cc2)CC1. The molecule has 2 heterocycles. The Morgan fingerprint density at radius 1 is 0.967 bits per heavy atom. The predicted molar refractivity (Wildman–Crippen MR) is 120 cm³/mol. The first kappa shape index (κ1) is 24.2. The van der Waals surface area contributed by atoms with Crippen LogP contribution >= 0.6 is 0 Å². The number of hydrogen-bond donors (Lipinski definition) is 1. The fourth-order valence-electron chi connectivity index (χ4n) is 3.88. The molecular formula is C23H37N4O3-. The topological polar surface area (TPSA) is 79.0 Å². The number of anilines is 2. The zero-order valence-corrected chi connectivity index (χ0v) is 19.1. The van der Waals surface area contributed by atoms with Gasteiger partial charge in [-0.1, -0.05) is 0 Å². The van der Waals surface area contributed by atoms with E-state index in [1.165, 1.54) is 5.69 Å². The summed E-state index contributed by atoms with van der Waals surface area (Å²) in [5, 5.41) is 12.0. The molecule has 0 atom stereocenters. The summed E-state index contributed by atoms with van der Waals surface area (Å²) in [6.45, 7) is 14.1. The molecule has 1 N–H and O–H groups in total. The maximum absolute atomic E-state index is 12.6. The van der Waals surface area contributed by atoms with Gasteiger partial charge in [-0.05, 0) is 84.9 Å². The number of likely N-dealkylation sites (N-methyl/N-ethyl adjacent to an activating group) is 1. The average Bonchev–Trinajstić information content (AvgIpc) is 2.68. The van der Waals surface area contributed by atoms with Crippen molar-refractivity contribution in [3.8, 4) is 0 Å². The van der Waals surface area contributed by atoms with Crippen molar-refractivity contribution in [2.75, 3.05) is 56.5 Å². The van der Waals surface area contributed by atoms with Crippen molar-refractivity contribution in [2.24, 2.45) is 5.92 Å². The fraction of sp³-hybridized carbons (Fsp3) is 0.652. The molecular weight excluding hydrogens is 380 g/mol. The van der Waals surface area contributed by atoms with Crippen molar-refractivity contribution in [1.82, 2.24) is 9.80 Å². The van der Waals surface area contributed by atoms with E-state index in [-0.39, 0.29) is 17.4 Å². The molecule has 2 fully saturated rings. The maximum atomic E-state index is 12.6. The zero-order valence-electron chi connectivity index (χ0n) is 19.1. The number of benzene rings is 1. The van der Waals surface area contributed by atoms with Crippen molar-refractivity contribution in [1.29, 1.82) is 0 Å². The highest BCUT2D eigenvalue weighted by atomic mass is 16.4. The highest BCUT2D eigenvalue weighted by molar-refractivity contribution is 5.92. The van der Waals surface area contributed by atoms with E-state index in [4.69, 9.17) is 9.90 Å². The van der Waals surface area contributed by atoms with Crippen LogP contribution < -0.4 is 15.3 Å². The summed E-state index contributed by atoms with van der Waals surface area (Å²) >= 11 is 0. The van der Waals surface area contributed by atoms with Gasteiger partial charge in [0, 0.05) is 55.0 Å². The van der Waals surface area contributed by atoms with Gasteiger partial charge in [0.25, 0.3) is 0 Å². The minimum atomic E-state index is -1.08. The molecule has 7 heteroatoms. The van der Waals surface area contributed by atoms with Gasteiger partial charge < -0.3 is 25.0 Å². The highest BCUT2D eigenvalue weighted by Gasteiger charge is 2.30. The smallest absolute Gasteiger partial charge is 0.227 e. The summed E-state index contributed by atoms with van der Waals surface area (Å²) in [6.07, 6.45) is 1.89. The van der Waals surface area contributed by atoms with Crippen molar-refractivity contribution in [2.45, 2.75) is 46.1 Å². The first-order valence-electron chi connectivity index (χ1n) is 10.8. The van der Waals surface area contributed by atoms with Crippen LogP contribution in [0.5, 0.6) is 0 Å². The first-order chi connectivity index (χ1) is 14.1. The Kier molecular flexibility index (Phi) is 8.67. The van der Waals surface area contributed by atoms with Gasteiger partial charge in [-0.15, -0.1) is 0 Å². The van der Waals surface area contributed by atoms with E-state index in [2.05, 4.69) is 60.0 Å². The molecule has 2 aliphatic rings. The van der Waals surface area contributed by atoms with Crippen LogP contribution in [-0.2, 0) is 9.59 Å². The van der Waals surface area contributed by atoms with Crippen molar-refractivity contribution in [3.05, 3.63) is 24.3 Å². The van der Waals surface area contributed by atoms with E-state index < -0.39 is 5.97 Å². The van der Waals surface area contributed by atoms with Crippen molar-refractivity contribution >= 4 is 23.3 Å². The first-order valence-corrected chi connectivity index (χ1v) is 10.8. The van der Waals surface area contributed by atoms with Crippen LogP contribution in [0.4, 0.5) is 11.4 Å². The van der Waals surface area contributed by atoms with E-state index in [1.54, 1.807) is 0 Å². The van der Waals surface area contributed by atoms with E-state index in [1.807, 2.05) is 12.1 Å². The van der Waals surface area contributed by atoms with Gasteiger partial charge >= 0.3 is 0 Å². The monoisotopic (exact) mass is 417 g/mol. The lowest BCUT2D eigenvalue weighted by Gasteiger charge is -2.40. The Hall–Kier alpha value is -2.12. The minimum absolute atomic E-state index is 0.130. The quantitative estimate of drug-likeness (QED) is 0.806. The molecule has 1 amide bonds. The Morgan fingerprint density at radius 3 is 1.93 bits per heavy atom. The van der Waals surface area contributed by atoms with Gasteiger partial charge in [0.15, 0.2) is 0 Å². The third kappa shape index (κ3) is 7.61. The molecule has 3 rings (SSSR count). The number of carbonyl (C=O) groups is 2. The number of rotatable bonds is 3. The zero-order chi connectivity index (χ0) is 22.3. The van der Waals surface area contributed by atoms with Crippen LogP contribution in [0.1, 0.15) is 40.5 Å². The standard InChI is InChI=1S/C21H34N4O.C2H4O2/c1-21(2,3)25-11-9-17(10-12-25)20(26)22-18-5-7-19(8-6-18)24-15-13-23(4)14-16-24;1-2(3)4/h5-8,17H,9-16H2,1-4H3,(H,22,26);1H3,(H,3,4)/p-1. The summed E-state index contributed by atoms with van der Waals surface area (Å²) in [5.41, 5.74) is 2.35. The highest BCUT2D eigenvalue weighted by Crippen LogP contribution is 2.25. The molecule has 0 aliphatic carbocycles. The summed E-state index contributed by atoms with van der Waals surface area (Å²) in [4.78, 5) is 28.7. The summed E-state index contributed by atoms with van der Waals surface area (Å²) in [6, 6.07) is 8.33. The molecule has 2 saturated heterocycles. The number of piperazine rings is 1. The number of piperidine rings is 1. The third-order valence-electron chi connectivity index (χ3n) is 5.82. The number of nitrogens with zero attached hydrogens (tertiary/aromatic N) is 3. The van der Waals surface area contributed by atoms with Gasteiger partial charge in [-0.3, -0.25) is 9.69 Å². The van der Waals surface area contributed by atoms with Gasteiger partial charge in [0.1, 0.15) is 0 Å². The van der Waals surface area contributed by atoms with Crippen molar-refractivity contribution in [3.63, 3.8) is 0 Å². The van der Waals surface area contributed by atoms with Crippen LogP contribution in [0.25, 0.3) is 0 Å². The number of carboxylic acid groups (broad SMARTS) is 1. The number of likely N-dealkylation sites (tertiary alicyclic amines) is 1. The van der Waals surface area contributed by atoms with Crippen LogP contribution in [0, 0.1) is 5.92 Å². The average molecular weight is 418 g/mol. The summed E-state index contributed by atoms with van der Waals surface area (Å²) < 4.78 is 0. The molecule has 0 radical (unpaired) electrons. The maximum Gasteiger partial charge on any atom is 0.227 e. The predicted octanol–water partition coefficient (Wildman–Crippen LogP) is 1.64. The number of nitrogens with one attached hydrogen (secondary N) is 1. The normalized spacial score (nSPS) is 19.0. The number of carbonyl (C=O) groups excluding carboxylic acids is 2. The number of hydrogen-bond acceptors (Lipinski definition) is 6. The van der Waals surface area contributed by atoms with Gasteiger partial charge in [-0.2, -0.15) is 0 Å². The van der Waals surface area contributed by atoms with Crippen LogP contribution in [0.2, 0.25) is 0 Å². The molecule has 7 nitrogen and oxygen atoms in total. The van der Waals surface area contributed by atoms with Crippen LogP contribution in [0.3, 0.4) is 0 Å². The third-order valence-corrected chi connectivity index (χ3v) is 5.82. The van der Waals surface area contributed by atoms with E-state index in [0.717, 1.165) is 64.7 Å². The molecule has 30 heavy (non-hydrogen) atoms. The molecule has 0 saturated carbocycles. The van der Waals surface area contributed by atoms with E-state index in [0.29, 0.717) is 0 Å². The molecule has 0 spiro atoms. The summed E-state index contributed by atoms with van der Waals surface area (Å²) in [7, 11) is 2.17. The second-order valence-electron chi connectivity index (χ2n) is 9.25. The summed E-state index contributed by atoms with van der Waals surface area (Å²) in [5.74, 6) is -0.781. The van der Waals surface area contributed by atoms with E-state index >= 15 is 0 Å². The molecule has 0 aromatic heterocycles. The second kappa shape index (κ2) is 10.8. The van der Waals surface area contributed by atoms with Gasteiger partial charge in [-0.25, -0.2) is 0 Å². The molecule has 1 aromatic carbocycles.